The van der Waals surface area contributed by atoms with E-state index in [1.807, 2.05) is 30.3 Å². The first kappa shape index (κ1) is 14.2. The summed E-state index contributed by atoms with van der Waals surface area (Å²) >= 11 is 6.05. The molecule has 2 aromatic rings. The minimum atomic E-state index is 0.198. The van der Waals surface area contributed by atoms with Gasteiger partial charge in [0.2, 0.25) is 0 Å². The Hall–Kier alpha value is -1.71. The molecule has 0 aliphatic carbocycles. The van der Waals surface area contributed by atoms with Crippen molar-refractivity contribution in [3.05, 3.63) is 58.6 Å². The molecule has 0 radical (unpaired) electrons. The van der Waals surface area contributed by atoms with Crippen molar-refractivity contribution in [3.63, 3.8) is 0 Å². The molecule has 0 atom stereocenters. The van der Waals surface area contributed by atoms with E-state index in [9.17, 15) is 0 Å². The fourth-order valence-corrected chi connectivity index (χ4v) is 2.31. The molecule has 1 heterocycles. The molecule has 0 bridgehead atoms. The Labute approximate surface area is 129 Å². The summed E-state index contributed by atoms with van der Waals surface area (Å²) in [7, 11) is 0. The number of ether oxygens (including phenoxy) is 2. The zero-order chi connectivity index (χ0) is 14.7. The van der Waals surface area contributed by atoms with E-state index in [-0.39, 0.29) is 6.10 Å². The highest BCUT2D eigenvalue weighted by molar-refractivity contribution is 6.30. The standard InChI is InChI=1S/C17H18ClNO2/c1-12-4-2-3-5-13(12)11-20-16-7-6-14(18)8-17(16)21-15-9-19-10-15/h2-8,15,19H,9-11H2,1H3. The van der Waals surface area contributed by atoms with Gasteiger partial charge in [-0.1, -0.05) is 35.9 Å². The van der Waals surface area contributed by atoms with Crippen LogP contribution in [0.4, 0.5) is 0 Å². The van der Waals surface area contributed by atoms with E-state index >= 15 is 0 Å². The lowest BCUT2D eigenvalue weighted by Crippen LogP contribution is -2.50. The Morgan fingerprint density at radius 1 is 1.14 bits per heavy atom. The molecular weight excluding hydrogens is 286 g/mol. The summed E-state index contributed by atoms with van der Waals surface area (Å²) in [4.78, 5) is 0. The van der Waals surface area contributed by atoms with Crippen LogP contribution < -0.4 is 14.8 Å². The summed E-state index contributed by atoms with van der Waals surface area (Å²) in [5.41, 5.74) is 2.39. The molecule has 0 unspecified atom stereocenters. The first-order valence-electron chi connectivity index (χ1n) is 7.06. The average molecular weight is 304 g/mol. The summed E-state index contributed by atoms with van der Waals surface area (Å²) in [5, 5.41) is 3.84. The van der Waals surface area contributed by atoms with Crippen molar-refractivity contribution < 1.29 is 9.47 Å². The topological polar surface area (TPSA) is 30.5 Å². The number of nitrogens with one attached hydrogen (secondary N) is 1. The summed E-state index contributed by atoms with van der Waals surface area (Å²) < 4.78 is 11.8. The summed E-state index contributed by atoms with van der Waals surface area (Å²) in [6.07, 6.45) is 0.198. The number of benzene rings is 2. The normalized spacial score (nSPS) is 14.6. The maximum Gasteiger partial charge on any atom is 0.163 e. The van der Waals surface area contributed by atoms with Crippen LogP contribution >= 0.6 is 11.6 Å². The van der Waals surface area contributed by atoms with Gasteiger partial charge in [0.1, 0.15) is 12.7 Å². The lowest BCUT2D eigenvalue weighted by atomic mass is 10.1. The van der Waals surface area contributed by atoms with Gasteiger partial charge in [0.05, 0.1) is 0 Å². The second-order valence-electron chi connectivity index (χ2n) is 5.20. The molecule has 4 heteroatoms. The first-order chi connectivity index (χ1) is 10.2. The summed E-state index contributed by atoms with van der Waals surface area (Å²) in [6, 6.07) is 13.7. The molecule has 0 spiro atoms. The van der Waals surface area contributed by atoms with Crippen LogP contribution in [0.3, 0.4) is 0 Å². The Balaban J connectivity index is 1.73. The van der Waals surface area contributed by atoms with Gasteiger partial charge in [-0.2, -0.15) is 0 Å². The van der Waals surface area contributed by atoms with E-state index in [0.29, 0.717) is 17.4 Å². The molecule has 2 aromatic carbocycles. The molecule has 1 N–H and O–H groups in total. The highest BCUT2D eigenvalue weighted by Crippen LogP contribution is 2.32. The van der Waals surface area contributed by atoms with E-state index in [4.69, 9.17) is 21.1 Å². The Morgan fingerprint density at radius 3 is 2.67 bits per heavy atom. The van der Waals surface area contributed by atoms with Crippen molar-refractivity contribution in [1.82, 2.24) is 5.32 Å². The number of hydrogen-bond acceptors (Lipinski definition) is 3. The van der Waals surface area contributed by atoms with E-state index in [1.165, 1.54) is 11.1 Å². The summed E-state index contributed by atoms with van der Waals surface area (Å²) in [6.45, 7) is 4.33. The third kappa shape index (κ3) is 3.49. The largest absolute Gasteiger partial charge is 0.485 e. The third-order valence-corrected chi connectivity index (χ3v) is 3.82. The van der Waals surface area contributed by atoms with Crippen molar-refractivity contribution in [1.29, 1.82) is 0 Å². The molecule has 0 saturated carbocycles. The number of halogens is 1. The van der Waals surface area contributed by atoms with Crippen LogP contribution in [0, 0.1) is 6.92 Å². The Morgan fingerprint density at radius 2 is 1.95 bits per heavy atom. The van der Waals surface area contributed by atoms with Crippen LogP contribution in [0.5, 0.6) is 11.5 Å². The third-order valence-electron chi connectivity index (χ3n) is 3.59. The summed E-state index contributed by atoms with van der Waals surface area (Å²) in [5.74, 6) is 1.44. The molecule has 1 fully saturated rings. The van der Waals surface area contributed by atoms with Gasteiger partial charge >= 0.3 is 0 Å². The SMILES string of the molecule is Cc1ccccc1COc1ccc(Cl)cc1OC1CNC1. The molecule has 1 aliphatic heterocycles. The highest BCUT2D eigenvalue weighted by atomic mass is 35.5. The zero-order valence-corrected chi connectivity index (χ0v) is 12.7. The monoisotopic (exact) mass is 303 g/mol. The quantitative estimate of drug-likeness (QED) is 0.916. The van der Waals surface area contributed by atoms with Crippen LogP contribution in [-0.2, 0) is 6.61 Å². The van der Waals surface area contributed by atoms with Crippen molar-refractivity contribution >= 4 is 11.6 Å². The van der Waals surface area contributed by atoms with Gasteiger partial charge in [-0.3, -0.25) is 0 Å². The number of hydrogen-bond donors (Lipinski definition) is 1. The Kier molecular flexibility index (Phi) is 4.32. The second-order valence-corrected chi connectivity index (χ2v) is 5.64. The maximum absolute atomic E-state index is 6.05. The van der Waals surface area contributed by atoms with Crippen LogP contribution in [0.25, 0.3) is 0 Å². The number of rotatable bonds is 5. The maximum atomic E-state index is 6.05. The molecule has 21 heavy (non-hydrogen) atoms. The fraction of sp³-hybridized carbons (Fsp3) is 0.294. The molecule has 1 saturated heterocycles. The first-order valence-corrected chi connectivity index (χ1v) is 7.44. The van der Waals surface area contributed by atoms with Crippen LogP contribution in [-0.4, -0.2) is 19.2 Å². The van der Waals surface area contributed by atoms with Gasteiger partial charge in [0.25, 0.3) is 0 Å². The van der Waals surface area contributed by atoms with Crippen molar-refractivity contribution in [2.24, 2.45) is 0 Å². The lowest BCUT2D eigenvalue weighted by Gasteiger charge is -2.28. The zero-order valence-electron chi connectivity index (χ0n) is 11.9. The average Bonchev–Trinajstić information content (AvgIpc) is 2.43. The smallest absolute Gasteiger partial charge is 0.163 e. The molecule has 3 nitrogen and oxygen atoms in total. The second kappa shape index (κ2) is 6.37. The van der Waals surface area contributed by atoms with E-state index in [1.54, 1.807) is 0 Å². The minimum absolute atomic E-state index is 0.198. The van der Waals surface area contributed by atoms with Crippen molar-refractivity contribution in [2.75, 3.05) is 13.1 Å². The van der Waals surface area contributed by atoms with Crippen LogP contribution in [0.1, 0.15) is 11.1 Å². The van der Waals surface area contributed by atoms with E-state index in [2.05, 4.69) is 24.4 Å². The van der Waals surface area contributed by atoms with Gasteiger partial charge in [0.15, 0.2) is 11.5 Å². The highest BCUT2D eigenvalue weighted by Gasteiger charge is 2.20. The molecule has 0 aromatic heterocycles. The molecule has 0 amide bonds. The van der Waals surface area contributed by atoms with E-state index < -0.39 is 0 Å². The molecule has 110 valence electrons. The lowest BCUT2D eigenvalue weighted by molar-refractivity contribution is 0.134. The van der Waals surface area contributed by atoms with Crippen molar-refractivity contribution in [3.8, 4) is 11.5 Å². The van der Waals surface area contributed by atoms with Crippen LogP contribution in [0.15, 0.2) is 42.5 Å². The van der Waals surface area contributed by atoms with Gasteiger partial charge in [-0.15, -0.1) is 0 Å². The minimum Gasteiger partial charge on any atom is -0.485 e. The number of aryl methyl sites for hydroxylation is 1. The Bertz CT molecular complexity index is 626. The molecule has 3 rings (SSSR count). The van der Waals surface area contributed by atoms with Gasteiger partial charge < -0.3 is 14.8 Å². The van der Waals surface area contributed by atoms with Crippen LogP contribution in [0.2, 0.25) is 5.02 Å². The van der Waals surface area contributed by atoms with Crippen molar-refractivity contribution in [2.45, 2.75) is 19.6 Å². The van der Waals surface area contributed by atoms with Gasteiger partial charge in [0, 0.05) is 24.2 Å². The van der Waals surface area contributed by atoms with Gasteiger partial charge in [-0.05, 0) is 30.2 Å². The predicted molar refractivity (Wildman–Crippen MR) is 84.2 cm³/mol. The predicted octanol–water partition coefficient (Wildman–Crippen LogP) is 3.58. The fourth-order valence-electron chi connectivity index (χ4n) is 2.15. The van der Waals surface area contributed by atoms with E-state index in [0.717, 1.165) is 18.8 Å². The molecular formula is C17H18ClNO2. The van der Waals surface area contributed by atoms with Gasteiger partial charge in [-0.25, -0.2) is 0 Å². The molecule has 1 aliphatic rings.